The molecule has 3 fully saturated rings. The summed E-state index contributed by atoms with van der Waals surface area (Å²) in [4.78, 5) is 25.7. The smallest absolute Gasteiger partial charge is 0.254 e. The summed E-state index contributed by atoms with van der Waals surface area (Å²) in [7, 11) is 3.13. The number of allylic oxidation sites excluding steroid dienone is 2. The zero-order valence-corrected chi connectivity index (χ0v) is 14.7. The summed E-state index contributed by atoms with van der Waals surface area (Å²) >= 11 is 0. The van der Waals surface area contributed by atoms with E-state index in [-0.39, 0.29) is 35.5 Å². The van der Waals surface area contributed by atoms with Gasteiger partial charge in [-0.1, -0.05) is 12.2 Å². The molecule has 0 N–H and O–H groups in total. The highest BCUT2D eigenvalue weighted by atomic mass is 16.5. The molecule has 26 heavy (non-hydrogen) atoms. The van der Waals surface area contributed by atoms with Crippen LogP contribution in [0.1, 0.15) is 12.0 Å². The summed E-state index contributed by atoms with van der Waals surface area (Å²) in [5, 5.41) is 5.32. The molecule has 6 rings (SSSR count). The summed E-state index contributed by atoms with van der Waals surface area (Å²) in [6.07, 6.45) is 7.01. The second-order valence-corrected chi connectivity index (χ2v) is 7.50. The number of rotatable bonds is 4. The third kappa shape index (κ3) is 2.01. The number of imide groups is 1. The molecule has 1 heterocycles. The van der Waals surface area contributed by atoms with Gasteiger partial charge in [-0.25, -0.2) is 0 Å². The molecule has 4 aliphatic carbocycles. The second kappa shape index (κ2) is 5.43. The van der Waals surface area contributed by atoms with Crippen molar-refractivity contribution in [3.63, 3.8) is 0 Å². The van der Waals surface area contributed by atoms with E-state index in [0.29, 0.717) is 23.3 Å². The quantitative estimate of drug-likeness (QED) is 0.473. The third-order valence-corrected chi connectivity index (χ3v) is 6.37. The maximum absolute atomic E-state index is 12.9. The van der Waals surface area contributed by atoms with Crippen molar-refractivity contribution in [3.05, 3.63) is 35.9 Å². The van der Waals surface area contributed by atoms with Crippen molar-refractivity contribution in [3.8, 4) is 11.5 Å². The van der Waals surface area contributed by atoms with Crippen LogP contribution >= 0.6 is 0 Å². The van der Waals surface area contributed by atoms with Crippen LogP contribution in [-0.4, -0.2) is 37.3 Å². The molecule has 6 heteroatoms. The number of hydrogen-bond donors (Lipinski definition) is 0. The number of ether oxygens (including phenoxy) is 2. The van der Waals surface area contributed by atoms with Gasteiger partial charge < -0.3 is 9.47 Å². The number of hydrazone groups is 1. The van der Waals surface area contributed by atoms with E-state index in [1.54, 1.807) is 26.4 Å². The highest BCUT2D eigenvalue weighted by Gasteiger charge is 2.67. The van der Waals surface area contributed by atoms with Crippen LogP contribution in [0.25, 0.3) is 0 Å². The first kappa shape index (κ1) is 15.6. The Morgan fingerprint density at radius 1 is 1.00 bits per heavy atom. The van der Waals surface area contributed by atoms with Crippen molar-refractivity contribution in [1.82, 2.24) is 5.01 Å². The summed E-state index contributed by atoms with van der Waals surface area (Å²) in [6.45, 7) is 0. The van der Waals surface area contributed by atoms with Gasteiger partial charge in [0, 0.05) is 0 Å². The third-order valence-electron chi connectivity index (χ3n) is 6.37. The van der Waals surface area contributed by atoms with E-state index in [9.17, 15) is 9.59 Å². The minimum Gasteiger partial charge on any atom is -0.493 e. The lowest BCUT2D eigenvalue weighted by Gasteiger charge is -2.37. The van der Waals surface area contributed by atoms with Crippen molar-refractivity contribution in [1.29, 1.82) is 0 Å². The Morgan fingerprint density at radius 2 is 1.62 bits per heavy atom. The van der Waals surface area contributed by atoms with Crippen LogP contribution in [-0.2, 0) is 9.59 Å². The van der Waals surface area contributed by atoms with Crippen LogP contribution in [0.15, 0.2) is 35.5 Å². The summed E-state index contributed by atoms with van der Waals surface area (Å²) in [5.41, 5.74) is 0.738. The summed E-state index contributed by atoms with van der Waals surface area (Å²) < 4.78 is 10.5. The molecule has 1 saturated heterocycles. The molecule has 2 saturated carbocycles. The van der Waals surface area contributed by atoms with Gasteiger partial charge in [0.15, 0.2) is 11.5 Å². The number of nitrogens with zero attached hydrogens (tertiary/aromatic N) is 2. The standard InChI is InChI=1S/C20H20N2O4/c1-25-15-6-3-10(7-16(15)26-2)9-21-22-19(23)17-11-4-5-12(14-8-13(11)14)18(17)20(22)24/h3-7,9,11-14,17-18H,8H2,1-2H3/b21-9-/t11-,12-,13-,14-,17-,18+/m0/s1. The Morgan fingerprint density at radius 3 is 2.19 bits per heavy atom. The highest BCUT2D eigenvalue weighted by molar-refractivity contribution is 6.06. The molecule has 1 aromatic carbocycles. The normalized spacial score (nSPS) is 36.5. The van der Waals surface area contributed by atoms with Gasteiger partial charge >= 0.3 is 0 Å². The van der Waals surface area contributed by atoms with E-state index < -0.39 is 0 Å². The van der Waals surface area contributed by atoms with E-state index in [1.807, 2.05) is 6.07 Å². The van der Waals surface area contributed by atoms with Crippen LogP contribution in [0, 0.1) is 35.5 Å². The minimum atomic E-state index is -0.219. The average Bonchev–Trinajstić information content (AvgIpc) is 3.45. The van der Waals surface area contributed by atoms with Gasteiger partial charge in [-0.05, 0) is 53.9 Å². The molecule has 1 aromatic rings. The molecule has 2 amide bonds. The van der Waals surface area contributed by atoms with Gasteiger partial charge in [0.1, 0.15) is 0 Å². The fourth-order valence-corrected chi connectivity index (χ4v) is 5.11. The molecule has 0 aromatic heterocycles. The van der Waals surface area contributed by atoms with Crippen molar-refractivity contribution >= 4 is 18.0 Å². The number of methoxy groups -OCH3 is 2. The molecule has 1 aliphatic heterocycles. The molecular weight excluding hydrogens is 332 g/mol. The zero-order valence-electron chi connectivity index (χ0n) is 14.7. The number of carbonyl (C=O) groups excluding carboxylic acids is 2. The molecule has 134 valence electrons. The first-order chi connectivity index (χ1) is 12.6. The Labute approximate surface area is 151 Å². The van der Waals surface area contributed by atoms with E-state index in [1.165, 1.54) is 6.21 Å². The minimum absolute atomic E-state index is 0.151. The van der Waals surface area contributed by atoms with E-state index >= 15 is 0 Å². The first-order valence-electron chi connectivity index (χ1n) is 8.96. The Balaban J connectivity index is 1.41. The number of amides is 2. The van der Waals surface area contributed by atoms with Gasteiger partial charge in [-0.2, -0.15) is 10.1 Å². The van der Waals surface area contributed by atoms with Gasteiger partial charge in [0.25, 0.3) is 11.8 Å². The topological polar surface area (TPSA) is 68.2 Å². The molecule has 6 atom stereocenters. The molecule has 0 radical (unpaired) electrons. The fraction of sp³-hybridized carbons (Fsp3) is 0.450. The lowest BCUT2D eigenvalue weighted by molar-refractivity contribution is -0.140. The number of hydrogen-bond acceptors (Lipinski definition) is 5. The molecule has 2 bridgehead atoms. The van der Waals surface area contributed by atoms with Crippen LogP contribution in [0.3, 0.4) is 0 Å². The van der Waals surface area contributed by atoms with Crippen molar-refractivity contribution in [2.24, 2.45) is 40.6 Å². The van der Waals surface area contributed by atoms with Gasteiger partial charge in [0.05, 0.1) is 32.3 Å². The summed E-state index contributed by atoms with van der Waals surface area (Å²) in [5.74, 6) is 2.07. The Hall–Kier alpha value is -2.63. The molecule has 6 nitrogen and oxygen atoms in total. The number of carbonyl (C=O) groups is 2. The zero-order chi connectivity index (χ0) is 18.0. The van der Waals surface area contributed by atoms with E-state index in [2.05, 4.69) is 17.3 Å². The maximum Gasteiger partial charge on any atom is 0.254 e. The van der Waals surface area contributed by atoms with E-state index in [4.69, 9.17) is 9.47 Å². The van der Waals surface area contributed by atoms with Crippen LogP contribution in [0.4, 0.5) is 0 Å². The van der Waals surface area contributed by atoms with Crippen molar-refractivity contribution in [2.45, 2.75) is 6.42 Å². The maximum atomic E-state index is 12.9. The molecule has 5 aliphatic rings. The van der Waals surface area contributed by atoms with Crippen LogP contribution in [0.5, 0.6) is 11.5 Å². The fourth-order valence-electron chi connectivity index (χ4n) is 5.11. The first-order valence-corrected chi connectivity index (χ1v) is 8.96. The van der Waals surface area contributed by atoms with Gasteiger partial charge in [-0.3, -0.25) is 9.59 Å². The van der Waals surface area contributed by atoms with Crippen molar-refractivity contribution in [2.75, 3.05) is 14.2 Å². The molecular formula is C20H20N2O4. The highest BCUT2D eigenvalue weighted by Crippen LogP contribution is 2.65. The van der Waals surface area contributed by atoms with E-state index in [0.717, 1.165) is 17.0 Å². The van der Waals surface area contributed by atoms with Crippen LogP contribution < -0.4 is 9.47 Å². The lowest BCUT2D eigenvalue weighted by Crippen LogP contribution is -2.40. The predicted molar refractivity (Wildman–Crippen MR) is 93.7 cm³/mol. The van der Waals surface area contributed by atoms with Gasteiger partial charge in [-0.15, -0.1) is 0 Å². The average molecular weight is 352 g/mol. The summed E-state index contributed by atoms with van der Waals surface area (Å²) in [6, 6.07) is 5.34. The van der Waals surface area contributed by atoms with Crippen LogP contribution in [0.2, 0.25) is 0 Å². The van der Waals surface area contributed by atoms with Gasteiger partial charge in [0.2, 0.25) is 0 Å². The Bertz CT molecular complexity index is 825. The Kier molecular flexibility index (Phi) is 3.26. The SMILES string of the molecule is COc1ccc(/C=N\N2C(=O)[C@@H]3[C@H]4C=C[C@@H]([C@@H]5C[C@@H]45)[C@@H]3C2=O)cc1OC. The monoisotopic (exact) mass is 352 g/mol. The lowest BCUT2D eigenvalue weighted by atomic mass is 9.63. The number of benzene rings is 1. The molecule has 0 spiro atoms. The molecule has 0 unspecified atom stereocenters. The predicted octanol–water partition coefficient (Wildman–Crippen LogP) is 2.09. The second-order valence-electron chi connectivity index (χ2n) is 7.50. The van der Waals surface area contributed by atoms with Crippen molar-refractivity contribution < 1.29 is 19.1 Å². The largest absolute Gasteiger partial charge is 0.493 e.